The molecule has 2 unspecified atom stereocenters. The lowest BCUT2D eigenvalue weighted by molar-refractivity contribution is 0.281. The van der Waals surface area contributed by atoms with Gasteiger partial charge in [-0.2, -0.15) is 11.8 Å². The molecular weight excluding hydrogens is 258 g/mol. The normalized spacial score (nSPS) is 25.1. The number of aliphatic hydroxyl groups is 1. The maximum absolute atomic E-state index is 9.39. The molecule has 1 saturated heterocycles. The van der Waals surface area contributed by atoms with Gasteiger partial charge in [-0.3, -0.25) is 0 Å². The number of hydrogen-bond donors (Lipinski definition) is 1. The summed E-state index contributed by atoms with van der Waals surface area (Å²) in [6, 6.07) is 0.380. The molecule has 94 valence electrons. The van der Waals surface area contributed by atoms with E-state index in [-0.39, 0.29) is 6.61 Å². The summed E-state index contributed by atoms with van der Waals surface area (Å²) in [4.78, 5) is 10.4. The molecule has 0 saturated carbocycles. The Bertz CT molecular complexity index is 404. The van der Waals surface area contributed by atoms with Crippen LogP contribution in [0.5, 0.6) is 0 Å². The summed E-state index contributed by atoms with van der Waals surface area (Å²) in [5.74, 6) is 1.84. The van der Waals surface area contributed by atoms with Gasteiger partial charge in [-0.05, 0) is 6.92 Å². The number of halogens is 1. The van der Waals surface area contributed by atoms with Gasteiger partial charge in [0.05, 0.1) is 12.2 Å². The van der Waals surface area contributed by atoms with Gasteiger partial charge >= 0.3 is 0 Å². The third kappa shape index (κ3) is 2.51. The van der Waals surface area contributed by atoms with Crippen LogP contribution in [0.1, 0.15) is 19.4 Å². The SMILES string of the molecule is CC1SCCN(c2ncnc(Cl)c2CO)C1C. The first kappa shape index (κ1) is 12.9. The maximum Gasteiger partial charge on any atom is 0.140 e. The van der Waals surface area contributed by atoms with Gasteiger partial charge in [0.1, 0.15) is 17.3 Å². The molecule has 0 amide bonds. The molecule has 1 N–H and O–H groups in total. The zero-order chi connectivity index (χ0) is 12.4. The standard InChI is InChI=1S/C11H16ClN3OS/c1-7-8(2)17-4-3-15(7)11-9(5-16)10(12)13-6-14-11/h6-8,16H,3-5H2,1-2H3. The number of hydrogen-bond acceptors (Lipinski definition) is 5. The third-order valence-electron chi connectivity index (χ3n) is 3.18. The van der Waals surface area contributed by atoms with Crippen molar-refractivity contribution >= 4 is 29.2 Å². The van der Waals surface area contributed by atoms with Crippen molar-refractivity contribution in [2.45, 2.75) is 31.7 Å². The van der Waals surface area contributed by atoms with Crippen molar-refractivity contribution in [3.05, 3.63) is 17.0 Å². The number of rotatable bonds is 2. The first-order valence-corrected chi connectivity index (χ1v) is 7.06. The van der Waals surface area contributed by atoms with Crippen molar-refractivity contribution in [2.75, 3.05) is 17.2 Å². The molecule has 17 heavy (non-hydrogen) atoms. The van der Waals surface area contributed by atoms with Crippen LogP contribution in [0.25, 0.3) is 0 Å². The summed E-state index contributed by atoms with van der Waals surface area (Å²) >= 11 is 7.95. The molecule has 2 rings (SSSR count). The second-order valence-corrected chi connectivity index (χ2v) is 5.98. The minimum Gasteiger partial charge on any atom is -0.391 e. The lowest BCUT2D eigenvalue weighted by atomic mass is 10.2. The molecule has 1 fully saturated rings. The van der Waals surface area contributed by atoms with Crippen LogP contribution in [-0.4, -0.2) is 38.7 Å². The van der Waals surface area contributed by atoms with Crippen LogP contribution in [0.4, 0.5) is 5.82 Å². The van der Waals surface area contributed by atoms with Crippen molar-refractivity contribution < 1.29 is 5.11 Å². The molecule has 0 spiro atoms. The topological polar surface area (TPSA) is 49.2 Å². The van der Waals surface area contributed by atoms with E-state index in [0.29, 0.717) is 22.0 Å². The van der Waals surface area contributed by atoms with Crippen LogP contribution in [0.3, 0.4) is 0 Å². The molecular formula is C11H16ClN3OS. The fraction of sp³-hybridized carbons (Fsp3) is 0.636. The highest BCUT2D eigenvalue weighted by Gasteiger charge is 2.28. The van der Waals surface area contributed by atoms with Gasteiger partial charge in [0.2, 0.25) is 0 Å². The monoisotopic (exact) mass is 273 g/mol. The largest absolute Gasteiger partial charge is 0.391 e. The molecule has 2 atom stereocenters. The molecule has 0 aromatic carbocycles. The van der Waals surface area contributed by atoms with E-state index in [0.717, 1.165) is 18.1 Å². The minimum atomic E-state index is -0.125. The highest BCUT2D eigenvalue weighted by Crippen LogP contribution is 2.31. The van der Waals surface area contributed by atoms with Crippen molar-refractivity contribution in [1.82, 2.24) is 9.97 Å². The molecule has 1 aliphatic heterocycles. The van der Waals surface area contributed by atoms with E-state index in [4.69, 9.17) is 11.6 Å². The first-order chi connectivity index (χ1) is 8.15. The average Bonchev–Trinajstić information content (AvgIpc) is 2.32. The summed E-state index contributed by atoms with van der Waals surface area (Å²) in [5.41, 5.74) is 0.625. The Labute approximate surface area is 110 Å². The zero-order valence-electron chi connectivity index (χ0n) is 9.93. The summed E-state index contributed by atoms with van der Waals surface area (Å²) in [7, 11) is 0. The van der Waals surface area contributed by atoms with E-state index >= 15 is 0 Å². The molecule has 6 heteroatoms. The summed E-state index contributed by atoms with van der Waals surface area (Å²) in [5, 5.41) is 10.3. The number of anilines is 1. The molecule has 1 aromatic heterocycles. The number of aromatic nitrogens is 2. The summed E-state index contributed by atoms with van der Waals surface area (Å²) in [6.45, 7) is 5.19. The Morgan fingerprint density at radius 1 is 1.53 bits per heavy atom. The highest BCUT2D eigenvalue weighted by atomic mass is 35.5. The predicted molar refractivity (Wildman–Crippen MR) is 71.7 cm³/mol. The molecule has 0 bridgehead atoms. The van der Waals surface area contributed by atoms with Gasteiger partial charge in [0.25, 0.3) is 0 Å². The Kier molecular flexibility index (Phi) is 4.12. The average molecular weight is 274 g/mol. The second-order valence-electron chi connectivity index (χ2n) is 4.13. The summed E-state index contributed by atoms with van der Waals surface area (Å²) < 4.78 is 0. The quantitative estimate of drug-likeness (QED) is 0.835. The third-order valence-corrected chi connectivity index (χ3v) is 4.85. The minimum absolute atomic E-state index is 0.125. The van der Waals surface area contributed by atoms with Crippen molar-refractivity contribution in [3.63, 3.8) is 0 Å². The van der Waals surface area contributed by atoms with Crippen LogP contribution in [0.15, 0.2) is 6.33 Å². The molecule has 4 nitrogen and oxygen atoms in total. The van der Waals surface area contributed by atoms with Gasteiger partial charge in [0, 0.05) is 23.6 Å². The lowest BCUT2D eigenvalue weighted by Gasteiger charge is -2.39. The Morgan fingerprint density at radius 3 is 3.00 bits per heavy atom. The van der Waals surface area contributed by atoms with E-state index < -0.39 is 0 Å². The van der Waals surface area contributed by atoms with E-state index in [1.54, 1.807) is 0 Å². The van der Waals surface area contributed by atoms with E-state index in [1.807, 2.05) is 11.8 Å². The Balaban J connectivity index is 2.35. The Hall–Kier alpha value is -0.520. The number of nitrogens with zero attached hydrogens (tertiary/aromatic N) is 3. The Morgan fingerprint density at radius 2 is 2.29 bits per heavy atom. The fourth-order valence-corrected chi connectivity index (χ4v) is 3.29. The molecule has 0 aliphatic carbocycles. The zero-order valence-corrected chi connectivity index (χ0v) is 11.5. The van der Waals surface area contributed by atoms with Crippen LogP contribution in [0, 0.1) is 0 Å². The van der Waals surface area contributed by atoms with E-state index in [9.17, 15) is 5.11 Å². The smallest absolute Gasteiger partial charge is 0.140 e. The highest BCUT2D eigenvalue weighted by molar-refractivity contribution is 8.00. The van der Waals surface area contributed by atoms with Gasteiger partial charge in [0.15, 0.2) is 0 Å². The van der Waals surface area contributed by atoms with Crippen molar-refractivity contribution in [3.8, 4) is 0 Å². The van der Waals surface area contributed by atoms with E-state index in [2.05, 4.69) is 28.7 Å². The number of thioether (sulfide) groups is 1. The van der Waals surface area contributed by atoms with Crippen LogP contribution in [0.2, 0.25) is 5.15 Å². The first-order valence-electron chi connectivity index (χ1n) is 5.63. The summed E-state index contributed by atoms with van der Waals surface area (Å²) in [6.07, 6.45) is 1.45. The molecule has 1 aromatic rings. The van der Waals surface area contributed by atoms with Crippen LogP contribution < -0.4 is 4.90 Å². The molecule has 2 heterocycles. The number of aliphatic hydroxyl groups excluding tert-OH is 1. The predicted octanol–water partition coefficient (Wildman–Crippen LogP) is 1.95. The second kappa shape index (κ2) is 5.42. The van der Waals surface area contributed by atoms with Crippen molar-refractivity contribution in [2.24, 2.45) is 0 Å². The van der Waals surface area contributed by atoms with Crippen LogP contribution >= 0.6 is 23.4 Å². The van der Waals surface area contributed by atoms with Crippen LogP contribution in [-0.2, 0) is 6.61 Å². The lowest BCUT2D eigenvalue weighted by Crippen LogP contribution is -2.45. The van der Waals surface area contributed by atoms with E-state index in [1.165, 1.54) is 6.33 Å². The van der Waals surface area contributed by atoms with Gasteiger partial charge in [-0.15, -0.1) is 0 Å². The molecule has 1 aliphatic rings. The van der Waals surface area contributed by atoms with Crippen molar-refractivity contribution in [1.29, 1.82) is 0 Å². The fourth-order valence-electron chi connectivity index (χ4n) is 2.00. The van der Waals surface area contributed by atoms with Gasteiger partial charge in [-0.1, -0.05) is 18.5 Å². The van der Waals surface area contributed by atoms with Gasteiger partial charge in [-0.25, -0.2) is 9.97 Å². The maximum atomic E-state index is 9.39. The molecule has 0 radical (unpaired) electrons. The van der Waals surface area contributed by atoms with Gasteiger partial charge < -0.3 is 10.0 Å².